The molecule has 29 heavy (non-hydrogen) atoms. The number of pyridine rings is 1. The number of anilines is 1. The van der Waals surface area contributed by atoms with Gasteiger partial charge in [-0.25, -0.2) is 0 Å². The first kappa shape index (κ1) is 24.8. The van der Waals surface area contributed by atoms with Crippen LogP contribution in [-0.2, 0) is 6.54 Å². The topological polar surface area (TPSA) is 76.9 Å². The van der Waals surface area contributed by atoms with Crippen LogP contribution < -0.4 is 25.7 Å². The number of rotatable bonds is 9. The molecule has 1 aromatic carbocycles. The van der Waals surface area contributed by atoms with Crippen LogP contribution in [0, 0.1) is 6.92 Å². The fourth-order valence-electron chi connectivity index (χ4n) is 2.85. The number of guanidine groups is 1. The number of aryl methyl sites for hydroxylation is 1. The van der Waals surface area contributed by atoms with E-state index in [1.165, 1.54) is 0 Å². The highest BCUT2D eigenvalue weighted by molar-refractivity contribution is 14.0. The summed E-state index contributed by atoms with van der Waals surface area (Å²) in [7, 11) is 3.35. The maximum Gasteiger partial charge on any atom is 0.250 e. The van der Waals surface area contributed by atoms with Gasteiger partial charge in [-0.3, -0.25) is 9.79 Å². The highest BCUT2D eigenvalue weighted by Gasteiger charge is 2.07. The van der Waals surface area contributed by atoms with Crippen molar-refractivity contribution in [3.8, 4) is 11.5 Å². The Balaban J connectivity index is 0.00000420. The standard InChI is InChI=1S/C21H30N4O3.HI/c1-5-28-18-12-11-17(15-19(18)27-4)24-21(22-3)23-13-6-7-14-25-16(2)9-8-10-20(25)26;/h8-12,15H,5-7,13-14H2,1-4H3,(H2,22,23,24);1H. The molecule has 0 unspecified atom stereocenters. The number of ether oxygens (including phenoxy) is 2. The summed E-state index contributed by atoms with van der Waals surface area (Å²) in [4.78, 5) is 16.1. The Hall–Kier alpha value is -2.23. The average Bonchev–Trinajstić information content (AvgIpc) is 2.69. The Kier molecular flexibility index (Phi) is 11.2. The van der Waals surface area contributed by atoms with Gasteiger partial charge in [0.05, 0.1) is 13.7 Å². The third-order valence-corrected chi connectivity index (χ3v) is 4.32. The highest BCUT2D eigenvalue weighted by atomic mass is 127. The van der Waals surface area contributed by atoms with Crippen LogP contribution in [0.1, 0.15) is 25.5 Å². The zero-order valence-corrected chi connectivity index (χ0v) is 19.9. The highest BCUT2D eigenvalue weighted by Crippen LogP contribution is 2.30. The number of nitrogens with zero attached hydrogens (tertiary/aromatic N) is 2. The summed E-state index contributed by atoms with van der Waals surface area (Å²) in [6, 6.07) is 11.0. The Labute approximate surface area is 189 Å². The number of unbranched alkanes of at least 4 members (excludes halogenated alkanes) is 1. The molecule has 160 valence electrons. The first-order valence-corrected chi connectivity index (χ1v) is 9.54. The second-order valence-electron chi connectivity index (χ2n) is 6.29. The van der Waals surface area contributed by atoms with Crippen LogP contribution >= 0.6 is 24.0 Å². The molecule has 0 aliphatic heterocycles. The summed E-state index contributed by atoms with van der Waals surface area (Å²) in [5.74, 6) is 2.06. The van der Waals surface area contributed by atoms with Crippen LogP contribution in [0.4, 0.5) is 5.69 Å². The molecule has 2 N–H and O–H groups in total. The van der Waals surface area contributed by atoms with Gasteiger partial charge < -0.3 is 24.7 Å². The predicted molar refractivity (Wildman–Crippen MR) is 129 cm³/mol. The molecule has 2 rings (SSSR count). The molecule has 1 aromatic heterocycles. The fraction of sp³-hybridized carbons (Fsp3) is 0.429. The van der Waals surface area contributed by atoms with E-state index in [4.69, 9.17) is 9.47 Å². The summed E-state index contributed by atoms with van der Waals surface area (Å²) in [6.07, 6.45) is 1.83. The Morgan fingerprint density at radius 3 is 2.62 bits per heavy atom. The molecule has 0 fully saturated rings. The van der Waals surface area contributed by atoms with Crippen LogP contribution in [-0.4, -0.2) is 37.8 Å². The smallest absolute Gasteiger partial charge is 0.250 e. The van der Waals surface area contributed by atoms with Crippen molar-refractivity contribution < 1.29 is 9.47 Å². The second-order valence-corrected chi connectivity index (χ2v) is 6.29. The summed E-state index contributed by atoms with van der Waals surface area (Å²) in [5, 5.41) is 6.54. The maximum absolute atomic E-state index is 11.9. The molecule has 0 aliphatic rings. The van der Waals surface area contributed by atoms with Crippen LogP contribution in [0.15, 0.2) is 46.2 Å². The summed E-state index contributed by atoms with van der Waals surface area (Å²) < 4.78 is 12.7. The number of benzene rings is 1. The van der Waals surface area contributed by atoms with Crippen molar-refractivity contribution >= 4 is 35.6 Å². The lowest BCUT2D eigenvalue weighted by Crippen LogP contribution is -2.31. The third-order valence-electron chi connectivity index (χ3n) is 4.32. The zero-order chi connectivity index (χ0) is 20.4. The van der Waals surface area contributed by atoms with Gasteiger partial charge in [0.2, 0.25) is 0 Å². The second kappa shape index (κ2) is 13.1. The third kappa shape index (κ3) is 7.60. The molecule has 1 heterocycles. The summed E-state index contributed by atoms with van der Waals surface area (Å²) in [5.41, 5.74) is 1.90. The Morgan fingerprint density at radius 2 is 1.97 bits per heavy atom. The summed E-state index contributed by atoms with van der Waals surface area (Å²) >= 11 is 0. The Bertz CT molecular complexity index is 852. The lowest BCUT2D eigenvalue weighted by Gasteiger charge is -2.15. The number of nitrogens with one attached hydrogen (secondary N) is 2. The van der Waals surface area contributed by atoms with Gasteiger partial charge in [-0.1, -0.05) is 6.07 Å². The van der Waals surface area contributed by atoms with E-state index in [0.29, 0.717) is 24.1 Å². The lowest BCUT2D eigenvalue weighted by molar-refractivity contribution is 0.311. The summed E-state index contributed by atoms with van der Waals surface area (Å²) in [6.45, 7) is 5.95. The van der Waals surface area contributed by atoms with Crippen molar-refractivity contribution in [1.29, 1.82) is 0 Å². The fourth-order valence-corrected chi connectivity index (χ4v) is 2.85. The van der Waals surface area contributed by atoms with E-state index in [1.54, 1.807) is 30.9 Å². The van der Waals surface area contributed by atoms with E-state index in [0.717, 1.165) is 37.3 Å². The van der Waals surface area contributed by atoms with E-state index in [2.05, 4.69) is 15.6 Å². The lowest BCUT2D eigenvalue weighted by atomic mass is 10.2. The van der Waals surface area contributed by atoms with Gasteiger partial charge in [0.15, 0.2) is 17.5 Å². The van der Waals surface area contributed by atoms with E-state index in [9.17, 15) is 4.79 Å². The van der Waals surface area contributed by atoms with Gasteiger partial charge in [-0.2, -0.15) is 0 Å². The van der Waals surface area contributed by atoms with E-state index in [-0.39, 0.29) is 29.5 Å². The molecular formula is C21H31IN4O3. The van der Waals surface area contributed by atoms with Gasteiger partial charge in [0, 0.05) is 43.7 Å². The number of aromatic nitrogens is 1. The number of aliphatic imine (C=N–C) groups is 1. The molecule has 8 heteroatoms. The van der Waals surface area contributed by atoms with E-state index < -0.39 is 0 Å². The normalized spacial score (nSPS) is 10.8. The molecule has 0 bridgehead atoms. The van der Waals surface area contributed by atoms with Crippen molar-refractivity contribution in [2.45, 2.75) is 33.2 Å². The molecule has 7 nitrogen and oxygen atoms in total. The van der Waals surface area contributed by atoms with Crippen molar-refractivity contribution in [2.24, 2.45) is 4.99 Å². The molecule has 0 saturated heterocycles. The quantitative estimate of drug-likeness (QED) is 0.231. The number of hydrogen-bond donors (Lipinski definition) is 2. The van der Waals surface area contributed by atoms with Crippen molar-refractivity contribution in [1.82, 2.24) is 9.88 Å². The van der Waals surface area contributed by atoms with Gasteiger partial charge in [0.1, 0.15) is 0 Å². The SMILES string of the molecule is CCOc1ccc(NC(=NC)NCCCCn2c(C)cccc2=O)cc1OC.I. The molecule has 2 aromatic rings. The van der Waals surface area contributed by atoms with E-state index in [1.807, 2.05) is 38.1 Å². The van der Waals surface area contributed by atoms with Gasteiger partial charge in [0.25, 0.3) is 5.56 Å². The molecule has 0 saturated carbocycles. The largest absolute Gasteiger partial charge is 0.493 e. The number of halogens is 1. The minimum atomic E-state index is 0. The van der Waals surface area contributed by atoms with Crippen LogP contribution in [0.2, 0.25) is 0 Å². The predicted octanol–water partition coefficient (Wildman–Crippen LogP) is 3.65. The number of methoxy groups -OCH3 is 1. The molecule has 0 amide bonds. The van der Waals surface area contributed by atoms with E-state index >= 15 is 0 Å². The average molecular weight is 514 g/mol. The first-order chi connectivity index (χ1) is 13.6. The maximum atomic E-state index is 11.9. The van der Waals surface area contributed by atoms with Crippen molar-refractivity contribution in [3.63, 3.8) is 0 Å². The minimum absolute atomic E-state index is 0. The van der Waals surface area contributed by atoms with Crippen LogP contribution in [0.5, 0.6) is 11.5 Å². The minimum Gasteiger partial charge on any atom is -0.493 e. The van der Waals surface area contributed by atoms with Crippen molar-refractivity contribution in [3.05, 3.63) is 52.4 Å². The van der Waals surface area contributed by atoms with Crippen LogP contribution in [0.3, 0.4) is 0 Å². The monoisotopic (exact) mass is 514 g/mol. The van der Waals surface area contributed by atoms with Gasteiger partial charge in [-0.15, -0.1) is 24.0 Å². The Morgan fingerprint density at radius 1 is 1.17 bits per heavy atom. The molecule has 0 spiro atoms. The van der Waals surface area contributed by atoms with Gasteiger partial charge >= 0.3 is 0 Å². The molecular weight excluding hydrogens is 483 g/mol. The van der Waals surface area contributed by atoms with Gasteiger partial charge in [-0.05, 0) is 44.9 Å². The molecule has 0 radical (unpaired) electrons. The van der Waals surface area contributed by atoms with Crippen molar-refractivity contribution in [2.75, 3.05) is 32.6 Å². The molecule has 0 atom stereocenters. The first-order valence-electron chi connectivity index (χ1n) is 9.54. The zero-order valence-electron chi connectivity index (χ0n) is 17.5. The number of hydrogen-bond acceptors (Lipinski definition) is 4. The van der Waals surface area contributed by atoms with Crippen LogP contribution in [0.25, 0.3) is 0 Å². The molecule has 0 aliphatic carbocycles.